The second kappa shape index (κ2) is 10.8. The van der Waals surface area contributed by atoms with Gasteiger partial charge in [-0.3, -0.25) is 19.1 Å². The average Bonchev–Trinajstić information content (AvgIpc) is 2.81. The van der Waals surface area contributed by atoms with Crippen LogP contribution in [0.3, 0.4) is 0 Å². The van der Waals surface area contributed by atoms with Gasteiger partial charge in [0.2, 0.25) is 5.91 Å². The van der Waals surface area contributed by atoms with Crippen LogP contribution in [0.25, 0.3) is 0 Å². The highest BCUT2D eigenvalue weighted by molar-refractivity contribution is 6.99. The fraction of sp³-hybridized carbons (Fsp3) is 0.320. The van der Waals surface area contributed by atoms with E-state index in [0.717, 1.165) is 14.9 Å². The van der Waals surface area contributed by atoms with Crippen LogP contribution in [0.15, 0.2) is 82.5 Å². The summed E-state index contributed by atoms with van der Waals surface area (Å²) in [5.74, 6) is -0.473. The van der Waals surface area contributed by atoms with Gasteiger partial charge in [0.25, 0.3) is 13.9 Å². The van der Waals surface area contributed by atoms with Crippen molar-refractivity contribution in [2.24, 2.45) is 0 Å². The van der Waals surface area contributed by atoms with Crippen LogP contribution in [0.5, 0.6) is 0 Å². The summed E-state index contributed by atoms with van der Waals surface area (Å²) in [5, 5.41) is 14.7. The van der Waals surface area contributed by atoms with Gasteiger partial charge in [-0.15, -0.1) is 0 Å². The molecule has 3 rings (SSSR count). The first kappa shape index (κ1) is 25.4. The molecule has 1 atom stereocenters. The molecule has 0 bridgehead atoms. The summed E-state index contributed by atoms with van der Waals surface area (Å²) in [7, 11) is -2.83. The van der Waals surface area contributed by atoms with Gasteiger partial charge in [0.05, 0.1) is 19.3 Å². The summed E-state index contributed by atoms with van der Waals surface area (Å²) in [5.41, 5.74) is -1.21. The Balaban J connectivity index is 1.85. The van der Waals surface area contributed by atoms with E-state index in [4.69, 9.17) is 4.43 Å². The van der Waals surface area contributed by atoms with Crippen molar-refractivity contribution in [1.29, 1.82) is 0 Å². The van der Waals surface area contributed by atoms with E-state index in [1.807, 2.05) is 36.4 Å². The molecule has 1 amide bonds. The molecule has 8 nitrogen and oxygen atoms in total. The minimum absolute atomic E-state index is 0.0933. The van der Waals surface area contributed by atoms with E-state index in [9.17, 15) is 19.5 Å². The molecule has 0 aliphatic heterocycles. The molecule has 0 aliphatic carbocycles. The number of H-pyrrole nitrogens is 1. The summed E-state index contributed by atoms with van der Waals surface area (Å²) in [6.45, 7) is 5.92. The maximum Gasteiger partial charge on any atom is 0.328 e. The second-order valence-corrected chi connectivity index (χ2v) is 13.5. The van der Waals surface area contributed by atoms with Crippen LogP contribution >= 0.6 is 0 Å². The second-order valence-electron chi connectivity index (χ2n) is 9.16. The molecular weight excluding hydrogens is 450 g/mol. The zero-order chi connectivity index (χ0) is 24.8. The highest BCUT2D eigenvalue weighted by Gasteiger charge is 2.50. The van der Waals surface area contributed by atoms with Crippen LogP contribution in [0.1, 0.15) is 20.8 Å². The lowest BCUT2D eigenvalue weighted by Gasteiger charge is -2.43. The van der Waals surface area contributed by atoms with Crippen molar-refractivity contribution in [1.82, 2.24) is 14.9 Å². The van der Waals surface area contributed by atoms with Gasteiger partial charge in [-0.05, 0) is 15.4 Å². The van der Waals surface area contributed by atoms with Crippen LogP contribution < -0.4 is 26.9 Å². The van der Waals surface area contributed by atoms with Crippen molar-refractivity contribution in [2.45, 2.75) is 38.4 Å². The first-order valence-electron chi connectivity index (χ1n) is 11.1. The Bertz CT molecular complexity index is 1160. The predicted molar refractivity (Wildman–Crippen MR) is 134 cm³/mol. The number of carbonyl (C=O) groups is 1. The number of hydrogen-bond donors (Lipinski definition) is 3. The predicted octanol–water partition coefficient (Wildman–Crippen LogP) is 0.590. The summed E-state index contributed by atoms with van der Waals surface area (Å²) in [4.78, 5) is 37.8. The molecule has 3 N–H and O–H groups in total. The third kappa shape index (κ3) is 5.61. The lowest BCUT2D eigenvalue weighted by Crippen LogP contribution is -2.67. The molecule has 2 aromatic carbocycles. The van der Waals surface area contributed by atoms with Crippen molar-refractivity contribution in [2.75, 3.05) is 13.2 Å². The maximum atomic E-state index is 12.6. The van der Waals surface area contributed by atoms with Crippen LogP contribution in [-0.2, 0) is 15.8 Å². The lowest BCUT2D eigenvalue weighted by atomic mass is 10.2. The van der Waals surface area contributed by atoms with Gasteiger partial charge < -0.3 is 14.8 Å². The Morgan fingerprint density at radius 2 is 1.59 bits per heavy atom. The molecule has 9 heteroatoms. The number of nitrogens with one attached hydrogen (secondary N) is 2. The third-order valence-corrected chi connectivity index (χ3v) is 10.7. The molecule has 34 heavy (non-hydrogen) atoms. The Morgan fingerprint density at radius 3 is 2.06 bits per heavy atom. The normalized spacial score (nSPS) is 12.8. The number of aliphatic hydroxyl groups excluding tert-OH is 1. The zero-order valence-corrected chi connectivity index (χ0v) is 20.7. The number of rotatable bonds is 9. The van der Waals surface area contributed by atoms with Crippen molar-refractivity contribution < 1.29 is 14.3 Å². The van der Waals surface area contributed by atoms with E-state index >= 15 is 0 Å². The van der Waals surface area contributed by atoms with E-state index in [2.05, 4.69) is 55.3 Å². The number of aromatic amines is 1. The standard InChI is InChI=1S/C25H31N3O5Si/c1-25(2,3)34(20-10-6-4-7-11-20,21-12-8-5-9-13-21)33-18-19(17-29)26-23(31)16-28-15-14-22(30)27-24(28)32/h4-15,19,29H,16-18H2,1-3H3,(H,26,31)(H,27,30,32). The van der Waals surface area contributed by atoms with E-state index in [1.54, 1.807) is 0 Å². The number of nitrogens with zero attached hydrogens (tertiary/aromatic N) is 1. The summed E-state index contributed by atoms with van der Waals surface area (Å²) < 4.78 is 7.85. The van der Waals surface area contributed by atoms with Gasteiger partial charge in [-0.25, -0.2) is 4.79 Å². The van der Waals surface area contributed by atoms with Gasteiger partial charge in [0.1, 0.15) is 6.54 Å². The van der Waals surface area contributed by atoms with Crippen molar-refractivity contribution in [3.8, 4) is 0 Å². The minimum atomic E-state index is -2.83. The Labute approximate surface area is 199 Å². The fourth-order valence-electron chi connectivity index (χ4n) is 4.12. The van der Waals surface area contributed by atoms with Gasteiger partial charge in [-0.1, -0.05) is 81.4 Å². The highest BCUT2D eigenvalue weighted by Crippen LogP contribution is 2.36. The number of benzene rings is 2. The molecule has 0 spiro atoms. The number of amides is 1. The number of hydrogen-bond acceptors (Lipinski definition) is 5. The molecule has 0 fully saturated rings. The Hall–Kier alpha value is -3.27. The van der Waals surface area contributed by atoms with E-state index in [0.29, 0.717) is 0 Å². The lowest BCUT2D eigenvalue weighted by molar-refractivity contribution is -0.123. The van der Waals surface area contributed by atoms with E-state index in [1.165, 1.54) is 12.3 Å². The Morgan fingerprint density at radius 1 is 1.03 bits per heavy atom. The van der Waals surface area contributed by atoms with Gasteiger partial charge in [0, 0.05) is 12.3 Å². The summed E-state index contributed by atoms with van der Waals surface area (Å²) in [6.07, 6.45) is 1.26. The minimum Gasteiger partial charge on any atom is -0.405 e. The van der Waals surface area contributed by atoms with Crippen molar-refractivity contribution in [3.05, 3.63) is 93.8 Å². The molecule has 1 unspecified atom stereocenters. The molecule has 0 saturated carbocycles. The molecule has 0 saturated heterocycles. The number of carbonyl (C=O) groups excluding carboxylic acids is 1. The largest absolute Gasteiger partial charge is 0.405 e. The molecular formula is C25H31N3O5Si. The molecule has 1 heterocycles. The average molecular weight is 482 g/mol. The zero-order valence-electron chi connectivity index (χ0n) is 19.7. The molecule has 180 valence electrons. The van der Waals surface area contributed by atoms with Gasteiger partial charge in [-0.2, -0.15) is 0 Å². The number of aliphatic hydroxyl groups is 1. The number of aromatic nitrogens is 2. The summed E-state index contributed by atoms with van der Waals surface area (Å²) >= 11 is 0. The van der Waals surface area contributed by atoms with Crippen LogP contribution in [0, 0.1) is 0 Å². The fourth-order valence-corrected chi connectivity index (χ4v) is 8.73. The van der Waals surface area contributed by atoms with E-state index < -0.39 is 31.5 Å². The summed E-state index contributed by atoms with van der Waals surface area (Å²) in [6, 6.07) is 20.7. The quantitative estimate of drug-likeness (QED) is 0.387. The molecule has 1 aromatic heterocycles. The van der Waals surface area contributed by atoms with Crippen molar-refractivity contribution >= 4 is 24.6 Å². The van der Waals surface area contributed by atoms with Gasteiger partial charge in [0.15, 0.2) is 0 Å². The molecule has 0 aliphatic rings. The van der Waals surface area contributed by atoms with Crippen molar-refractivity contribution in [3.63, 3.8) is 0 Å². The van der Waals surface area contributed by atoms with Gasteiger partial charge >= 0.3 is 5.69 Å². The monoisotopic (exact) mass is 481 g/mol. The maximum absolute atomic E-state index is 12.6. The molecule has 0 radical (unpaired) electrons. The topological polar surface area (TPSA) is 113 Å². The highest BCUT2D eigenvalue weighted by atomic mass is 28.4. The smallest absolute Gasteiger partial charge is 0.328 e. The Kier molecular flexibility index (Phi) is 8.03. The van der Waals surface area contributed by atoms with E-state index in [-0.39, 0.29) is 24.8 Å². The van der Waals surface area contributed by atoms with Crippen LogP contribution in [0.2, 0.25) is 5.04 Å². The van der Waals surface area contributed by atoms with Crippen LogP contribution in [-0.4, -0.2) is 48.1 Å². The third-order valence-electron chi connectivity index (χ3n) is 5.71. The SMILES string of the molecule is CC(C)(C)[Si](OCC(CO)NC(=O)Cn1ccc(=O)[nH]c1=O)(c1ccccc1)c1ccccc1. The first-order valence-corrected chi connectivity index (χ1v) is 13.0. The van der Waals surface area contributed by atoms with Crippen LogP contribution in [0.4, 0.5) is 0 Å². The first-order chi connectivity index (χ1) is 16.2. The molecule has 3 aromatic rings.